The van der Waals surface area contributed by atoms with Crippen molar-refractivity contribution in [1.29, 1.82) is 0 Å². The number of alkyl carbamates (subject to hydrolysis) is 1. The minimum Gasteiger partial charge on any atom is -0.467 e. The molecule has 0 unspecified atom stereocenters. The van der Waals surface area contributed by atoms with Crippen molar-refractivity contribution in [2.75, 3.05) is 59.0 Å². The number of thiazole rings is 1. The van der Waals surface area contributed by atoms with Gasteiger partial charge in [0.1, 0.15) is 11.6 Å². The lowest BCUT2D eigenvalue weighted by Gasteiger charge is -2.34. The van der Waals surface area contributed by atoms with E-state index in [0.29, 0.717) is 11.4 Å². The van der Waals surface area contributed by atoms with Gasteiger partial charge in [-0.25, -0.2) is 14.6 Å². The molecule has 1 fully saturated rings. The number of aryl methyl sites for hydroxylation is 1. The first-order valence-electron chi connectivity index (χ1n) is 18.3. The Morgan fingerprint density at radius 2 is 1.79 bits per heavy atom. The molecular weight excluding hydrogens is 693 g/mol. The molecule has 288 valence electrons. The fourth-order valence-corrected chi connectivity index (χ4v) is 7.61. The summed E-state index contributed by atoms with van der Waals surface area (Å²) >= 11 is 1.42. The van der Waals surface area contributed by atoms with E-state index in [1.165, 1.54) is 18.4 Å². The molecule has 0 radical (unpaired) electrons. The Morgan fingerprint density at radius 1 is 1.08 bits per heavy atom. The molecule has 1 aliphatic heterocycles. The smallest absolute Gasteiger partial charge is 0.408 e. The zero-order valence-electron chi connectivity index (χ0n) is 32.9. The number of amides is 1. The van der Waals surface area contributed by atoms with E-state index in [0.717, 1.165) is 83.1 Å². The Hall–Kier alpha value is -4.04. The topological polar surface area (TPSA) is 131 Å². The standard InChI is InChI=1S/C40H56N6O6S/c1-11-46-33-13-12-26(32-23-53-34(42-32)20-31(37(48)51-10)43-38(49)52-39(3,4)5)18-28(33)30(21-40(6,7)24-47)36(46)29-19-27(22-41-35(29)25(2)50-9)45-16-14-44(8)15-17-45/h12-13,18-19,22-23,25,31,47H,11,14-17,20-21,24H2,1-10H3,(H,43,49)/t25-,31-/m0/s1. The molecule has 1 aromatic carbocycles. The summed E-state index contributed by atoms with van der Waals surface area (Å²) in [4.78, 5) is 39.9. The number of aliphatic hydroxyl groups excluding tert-OH is 1. The number of likely N-dealkylation sites (N-methyl/N-ethyl adjacent to an activating group) is 1. The monoisotopic (exact) mass is 748 g/mol. The number of rotatable bonds is 13. The third kappa shape index (κ3) is 9.37. The van der Waals surface area contributed by atoms with Crippen molar-refractivity contribution in [2.24, 2.45) is 5.41 Å². The van der Waals surface area contributed by atoms with Crippen molar-refractivity contribution in [3.8, 4) is 22.5 Å². The Labute approximate surface area is 317 Å². The van der Waals surface area contributed by atoms with Gasteiger partial charge in [-0.3, -0.25) is 4.98 Å². The number of esters is 1. The summed E-state index contributed by atoms with van der Waals surface area (Å²) in [5.41, 5.74) is 6.85. The lowest BCUT2D eigenvalue weighted by Crippen LogP contribution is -2.45. The number of hydrogen-bond donors (Lipinski definition) is 2. The highest BCUT2D eigenvalue weighted by Gasteiger charge is 2.30. The van der Waals surface area contributed by atoms with Gasteiger partial charge in [0, 0.05) is 80.3 Å². The Morgan fingerprint density at radius 3 is 2.42 bits per heavy atom. The van der Waals surface area contributed by atoms with Gasteiger partial charge in [0.15, 0.2) is 0 Å². The van der Waals surface area contributed by atoms with E-state index in [1.807, 2.05) is 18.5 Å². The molecule has 0 spiro atoms. The van der Waals surface area contributed by atoms with Gasteiger partial charge in [0.05, 0.1) is 47.2 Å². The van der Waals surface area contributed by atoms with Crippen LogP contribution >= 0.6 is 11.3 Å². The van der Waals surface area contributed by atoms with Gasteiger partial charge in [-0.15, -0.1) is 11.3 Å². The maximum atomic E-state index is 12.7. The lowest BCUT2D eigenvalue weighted by molar-refractivity contribution is -0.143. The van der Waals surface area contributed by atoms with Gasteiger partial charge in [-0.05, 0) is 77.3 Å². The number of nitrogens with zero attached hydrogens (tertiary/aromatic N) is 5. The lowest BCUT2D eigenvalue weighted by atomic mass is 9.84. The van der Waals surface area contributed by atoms with E-state index in [4.69, 9.17) is 24.2 Å². The zero-order valence-corrected chi connectivity index (χ0v) is 33.7. The summed E-state index contributed by atoms with van der Waals surface area (Å²) < 4.78 is 18.6. The van der Waals surface area contributed by atoms with Gasteiger partial charge in [-0.2, -0.15) is 0 Å². The van der Waals surface area contributed by atoms with Crippen LogP contribution in [0.1, 0.15) is 70.8 Å². The van der Waals surface area contributed by atoms with E-state index in [-0.39, 0.29) is 19.1 Å². The number of nitrogens with one attached hydrogen (secondary N) is 1. The second kappa shape index (κ2) is 16.5. The Kier molecular flexibility index (Phi) is 12.5. The molecule has 1 aliphatic rings. The highest BCUT2D eigenvalue weighted by molar-refractivity contribution is 7.10. The molecule has 5 rings (SSSR count). The van der Waals surface area contributed by atoms with E-state index in [2.05, 4.69) is 71.8 Å². The van der Waals surface area contributed by atoms with Crippen LogP contribution in [0.15, 0.2) is 35.8 Å². The number of methoxy groups -OCH3 is 2. The number of aromatic nitrogens is 3. The first-order chi connectivity index (χ1) is 25.1. The van der Waals surface area contributed by atoms with Crippen LogP contribution in [0.2, 0.25) is 0 Å². The molecule has 2 atom stereocenters. The van der Waals surface area contributed by atoms with Gasteiger partial charge in [0.2, 0.25) is 0 Å². The minimum atomic E-state index is -0.955. The van der Waals surface area contributed by atoms with Gasteiger partial charge in [0.25, 0.3) is 0 Å². The average molecular weight is 749 g/mol. The zero-order chi connectivity index (χ0) is 38.7. The van der Waals surface area contributed by atoms with Crippen molar-refractivity contribution >= 4 is 40.0 Å². The van der Waals surface area contributed by atoms with Crippen molar-refractivity contribution in [3.63, 3.8) is 0 Å². The number of hydrogen-bond acceptors (Lipinski definition) is 11. The van der Waals surface area contributed by atoms with E-state index < -0.39 is 29.1 Å². The number of aliphatic hydroxyl groups is 1. The number of piperazine rings is 1. The molecular formula is C40H56N6O6S. The molecule has 12 nitrogen and oxygen atoms in total. The molecule has 1 amide bonds. The van der Waals surface area contributed by atoms with Crippen molar-refractivity contribution in [2.45, 2.75) is 85.6 Å². The van der Waals surface area contributed by atoms with Crippen LogP contribution in [0.25, 0.3) is 33.4 Å². The maximum absolute atomic E-state index is 12.7. The van der Waals surface area contributed by atoms with Gasteiger partial charge in [-0.1, -0.05) is 19.9 Å². The summed E-state index contributed by atoms with van der Waals surface area (Å²) in [6.45, 7) is 18.2. The van der Waals surface area contributed by atoms with Gasteiger partial charge < -0.3 is 39.0 Å². The largest absolute Gasteiger partial charge is 0.467 e. The normalized spacial score (nSPS) is 15.4. The van der Waals surface area contributed by atoms with Gasteiger partial charge >= 0.3 is 12.1 Å². The second-order valence-corrected chi connectivity index (χ2v) is 16.6. The van der Waals surface area contributed by atoms with Crippen LogP contribution in [0.4, 0.5) is 10.5 Å². The number of ether oxygens (including phenoxy) is 3. The number of pyridine rings is 1. The summed E-state index contributed by atoms with van der Waals surface area (Å²) in [5, 5.41) is 16.9. The molecule has 1 saturated heterocycles. The number of fused-ring (bicyclic) bond motifs is 1. The Balaban J connectivity index is 1.61. The SMILES string of the molecule is CCn1c(-c2cc(N3CCN(C)CC3)cnc2[C@H](C)OC)c(CC(C)(C)CO)c2cc(-c3csc(C[C@H](NC(=O)OC(C)(C)C)C(=O)OC)n3)ccc21. The molecule has 0 aliphatic carbocycles. The summed E-state index contributed by atoms with van der Waals surface area (Å²) in [6, 6.07) is 7.72. The summed E-state index contributed by atoms with van der Waals surface area (Å²) in [5.74, 6) is -0.577. The third-order valence-corrected chi connectivity index (χ3v) is 10.6. The number of carbonyl (C=O) groups excluding carboxylic acids is 2. The van der Waals surface area contributed by atoms with Crippen LogP contribution in [-0.2, 0) is 38.4 Å². The van der Waals surface area contributed by atoms with Crippen LogP contribution in [0.5, 0.6) is 0 Å². The molecule has 4 aromatic rings. The molecule has 13 heteroatoms. The van der Waals surface area contributed by atoms with Crippen molar-refractivity contribution in [1.82, 2.24) is 24.8 Å². The van der Waals surface area contributed by atoms with Crippen molar-refractivity contribution < 1.29 is 28.9 Å². The Bertz CT molecular complexity index is 1910. The molecule has 0 bridgehead atoms. The third-order valence-electron chi connectivity index (χ3n) is 9.74. The minimum absolute atomic E-state index is 0.0278. The number of anilines is 1. The number of benzene rings is 1. The first kappa shape index (κ1) is 40.2. The molecule has 0 saturated carbocycles. The quantitative estimate of drug-likeness (QED) is 0.147. The van der Waals surface area contributed by atoms with Crippen LogP contribution in [0.3, 0.4) is 0 Å². The highest BCUT2D eigenvalue weighted by Crippen LogP contribution is 2.42. The van der Waals surface area contributed by atoms with Crippen LogP contribution in [-0.4, -0.2) is 102 Å². The van der Waals surface area contributed by atoms with Crippen LogP contribution in [0, 0.1) is 5.41 Å². The highest BCUT2D eigenvalue weighted by atomic mass is 32.1. The van der Waals surface area contributed by atoms with E-state index in [9.17, 15) is 14.7 Å². The summed E-state index contributed by atoms with van der Waals surface area (Å²) in [7, 11) is 5.16. The van der Waals surface area contributed by atoms with Crippen molar-refractivity contribution in [3.05, 3.63) is 52.1 Å². The fraction of sp³-hybridized carbons (Fsp3) is 0.550. The molecule has 2 N–H and O–H groups in total. The molecule has 3 aromatic heterocycles. The van der Waals surface area contributed by atoms with E-state index in [1.54, 1.807) is 27.9 Å². The fourth-order valence-electron chi connectivity index (χ4n) is 6.76. The maximum Gasteiger partial charge on any atom is 0.408 e. The van der Waals surface area contributed by atoms with Crippen LogP contribution < -0.4 is 10.2 Å². The van der Waals surface area contributed by atoms with E-state index >= 15 is 0 Å². The molecule has 53 heavy (non-hydrogen) atoms. The predicted molar refractivity (Wildman–Crippen MR) is 211 cm³/mol. The molecule has 4 heterocycles. The number of carbonyl (C=O) groups is 2. The predicted octanol–water partition coefficient (Wildman–Crippen LogP) is 6.48. The summed E-state index contributed by atoms with van der Waals surface area (Å²) in [6.07, 6.45) is 1.82. The first-order valence-corrected chi connectivity index (χ1v) is 19.2. The second-order valence-electron chi connectivity index (χ2n) is 15.6. The average Bonchev–Trinajstić information content (AvgIpc) is 3.71.